The number of anilines is 3. The average Bonchev–Trinajstić information content (AvgIpc) is 3.24. The number of carbonyl (C=O) groups is 1. The van der Waals surface area contributed by atoms with Gasteiger partial charge in [-0.05, 0) is 55.0 Å². The van der Waals surface area contributed by atoms with Crippen LogP contribution in [-0.2, 0) is 22.3 Å². The number of aryl methyl sites for hydroxylation is 1. The van der Waals surface area contributed by atoms with Crippen LogP contribution in [0.3, 0.4) is 0 Å². The molecule has 2 fully saturated rings. The number of rotatable bonds is 4. The monoisotopic (exact) mass is 441 g/mol. The second kappa shape index (κ2) is 9.18. The van der Waals surface area contributed by atoms with Crippen LogP contribution >= 0.6 is 11.3 Å². The van der Waals surface area contributed by atoms with Crippen molar-refractivity contribution in [2.24, 2.45) is 5.92 Å². The van der Waals surface area contributed by atoms with Crippen LogP contribution < -0.4 is 15.1 Å². The summed E-state index contributed by atoms with van der Waals surface area (Å²) in [6.07, 6.45) is 3.41. The number of carbonyl (C=O) groups excluding carboxylic acids is 1. The maximum absolute atomic E-state index is 13.2. The highest BCUT2D eigenvalue weighted by Crippen LogP contribution is 2.35. The summed E-state index contributed by atoms with van der Waals surface area (Å²) in [7, 11) is 0. The molecular weight excluding hydrogens is 410 g/mol. The molecule has 2 saturated heterocycles. The molecule has 1 atom stereocenters. The minimum atomic E-state index is 0.000634. The van der Waals surface area contributed by atoms with Crippen LogP contribution in [0, 0.1) is 5.92 Å². The highest BCUT2D eigenvalue weighted by atomic mass is 32.1. The summed E-state index contributed by atoms with van der Waals surface area (Å²) in [6.45, 7) is 8.70. The van der Waals surface area contributed by atoms with Crippen molar-refractivity contribution in [1.82, 2.24) is 0 Å². The van der Waals surface area contributed by atoms with Crippen molar-refractivity contribution in [3.63, 3.8) is 0 Å². The number of hydrogen-bond acceptors (Lipinski definition) is 6. The van der Waals surface area contributed by atoms with E-state index in [-0.39, 0.29) is 5.91 Å². The topological polar surface area (TPSA) is 54.0 Å². The number of thiophene rings is 1. The number of hydrogen-bond donors (Lipinski definition) is 1. The zero-order valence-electron chi connectivity index (χ0n) is 18.2. The van der Waals surface area contributed by atoms with Gasteiger partial charge in [0.1, 0.15) is 0 Å². The van der Waals surface area contributed by atoms with Gasteiger partial charge in [0.25, 0.3) is 5.91 Å². The molecule has 1 N–H and O–H groups in total. The first-order valence-corrected chi connectivity index (χ1v) is 12.2. The molecule has 3 heterocycles. The minimum Gasteiger partial charge on any atom is -0.378 e. The first-order chi connectivity index (χ1) is 15.2. The van der Waals surface area contributed by atoms with E-state index in [9.17, 15) is 4.79 Å². The molecule has 166 valence electrons. The Bertz CT molecular complexity index is 932. The van der Waals surface area contributed by atoms with Gasteiger partial charge in [0, 0.05) is 36.7 Å². The van der Waals surface area contributed by atoms with Crippen LogP contribution in [0.4, 0.5) is 17.1 Å². The van der Waals surface area contributed by atoms with Gasteiger partial charge in [-0.3, -0.25) is 4.79 Å². The van der Waals surface area contributed by atoms with Crippen molar-refractivity contribution in [3.8, 4) is 0 Å². The number of nitrogens with one attached hydrogen (secondary N) is 1. The molecule has 0 saturated carbocycles. The Kier molecular flexibility index (Phi) is 6.16. The van der Waals surface area contributed by atoms with Gasteiger partial charge in [0.15, 0.2) is 0 Å². The highest BCUT2D eigenvalue weighted by Gasteiger charge is 2.23. The van der Waals surface area contributed by atoms with E-state index in [2.05, 4.69) is 46.3 Å². The number of ether oxygens (including phenoxy) is 2. The molecule has 5 rings (SSSR count). The third kappa shape index (κ3) is 4.59. The van der Waals surface area contributed by atoms with Crippen molar-refractivity contribution in [1.29, 1.82) is 0 Å². The molecule has 6 nitrogen and oxygen atoms in total. The van der Waals surface area contributed by atoms with Gasteiger partial charge in [0.05, 0.1) is 42.7 Å². The molecule has 1 aromatic heterocycles. The summed E-state index contributed by atoms with van der Waals surface area (Å²) >= 11 is 1.66. The lowest BCUT2D eigenvalue weighted by atomic mass is 9.90. The molecule has 0 radical (unpaired) electrons. The van der Waals surface area contributed by atoms with Crippen molar-refractivity contribution >= 4 is 34.3 Å². The minimum absolute atomic E-state index is 0.000634. The molecule has 1 aliphatic carbocycles. The summed E-state index contributed by atoms with van der Waals surface area (Å²) in [5.41, 5.74) is 4.51. The summed E-state index contributed by atoms with van der Waals surface area (Å²) in [5.74, 6) is 0.708. The van der Waals surface area contributed by atoms with Crippen molar-refractivity contribution in [3.05, 3.63) is 39.6 Å². The van der Waals surface area contributed by atoms with Gasteiger partial charge in [-0.2, -0.15) is 0 Å². The van der Waals surface area contributed by atoms with E-state index >= 15 is 0 Å². The van der Waals surface area contributed by atoms with E-state index < -0.39 is 0 Å². The van der Waals surface area contributed by atoms with E-state index in [1.54, 1.807) is 11.3 Å². The third-order valence-corrected chi connectivity index (χ3v) is 7.75. The SMILES string of the molecule is CC1CCc2sc(C(=O)Nc3ccc(N4CCOCC4)cc3N3CCOCC3)cc2C1. The molecule has 2 aromatic rings. The Balaban J connectivity index is 1.40. The maximum atomic E-state index is 13.2. The molecule has 1 aromatic carbocycles. The maximum Gasteiger partial charge on any atom is 0.265 e. The van der Waals surface area contributed by atoms with E-state index in [4.69, 9.17) is 9.47 Å². The van der Waals surface area contributed by atoms with Gasteiger partial charge in [-0.15, -0.1) is 11.3 Å². The lowest BCUT2D eigenvalue weighted by Gasteiger charge is -2.33. The zero-order chi connectivity index (χ0) is 21.2. The largest absolute Gasteiger partial charge is 0.378 e. The van der Waals surface area contributed by atoms with E-state index in [0.717, 1.165) is 68.5 Å². The first-order valence-electron chi connectivity index (χ1n) is 11.4. The second-order valence-corrected chi connectivity index (χ2v) is 9.90. The summed E-state index contributed by atoms with van der Waals surface area (Å²) in [4.78, 5) is 20.1. The molecule has 7 heteroatoms. The summed E-state index contributed by atoms with van der Waals surface area (Å²) in [6, 6.07) is 8.50. The Hall–Kier alpha value is -2.09. The van der Waals surface area contributed by atoms with Crippen molar-refractivity contribution in [2.45, 2.75) is 26.2 Å². The predicted octanol–water partition coefficient (Wildman–Crippen LogP) is 3.80. The van der Waals surface area contributed by atoms with E-state index in [0.29, 0.717) is 19.1 Å². The van der Waals surface area contributed by atoms with Crippen LogP contribution in [0.1, 0.15) is 33.5 Å². The predicted molar refractivity (Wildman–Crippen MR) is 126 cm³/mol. The highest BCUT2D eigenvalue weighted by molar-refractivity contribution is 7.14. The lowest BCUT2D eigenvalue weighted by molar-refractivity contribution is 0.103. The van der Waals surface area contributed by atoms with E-state index in [1.807, 2.05) is 0 Å². The van der Waals surface area contributed by atoms with Crippen LogP contribution in [0.2, 0.25) is 0 Å². The Morgan fingerprint density at radius 1 is 1.03 bits per heavy atom. The average molecular weight is 442 g/mol. The smallest absolute Gasteiger partial charge is 0.265 e. The molecule has 2 aliphatic heterocycles. The molecule has 1 unspecified atom stereocenters. The van der Waals surface area contributed by atoms with Gasteiger partial charge in [-0.1, -0.05) is 6.92 Å². The first kappa shape index (κ1) is 20.8. The fraction of sp³-hybridized carbons (Fsp3) is 0.542. The molecule has 0 spiro atoms. The molecule has 1 amide bonds. The van der Waals surface area contributed by atoms with Crippen molar-refractivity contribution < 1.29 is 14.3 Å². The normalized spacial score (nSPS) is 21.6. The molecule has 31 heavy (non-hydrogen) atoms. The van der Waals surface area contributed by atoms with Gasteiger partial charge in [0.2, 0.25) is 0 Å². The van der Waals surface area contributed by atoms with Crippen LogP contribution in [0.25, 0.3) is 0 Å². The number of nitrogens with zero attached hydrogens (tertiary/aromatic N) is 2. The van der Waals surface area contributed by atoms with E-state index in [1.165, 1.54) is 22.5 Å². The zero-order valence-corrected chi connectivity index (χ0v) is 19.0. The Morgan fingerprint density at radius 2 is 1.74 bits per heavy atom. The number of amides is 1. The molecule has 0 bridgehead atoms. The third-order valence-electron chi connectivity index (χ3n) is 6.51. The fourth-order valence-electron chi connectivity index (χ4n) is 4.71. The number of morpholine rings is 2. The quantitative estimate of drug-likeness (QED) is 0.782. The van der Waals surface area contributed by atoms with Gasteiger partial charge in [-0.25, -0.2) is 0 Å². The van der Waals surface area contributed by atoms with Crippen LogP contribution in [-0.4, -0.2) is 58.5 Å². The van der Waals surface area contributed by atoms with Gasteiger partial charge >= 0.3 is 0 Å². The number of fused-ring (bicyclic) bond motifs is 1. The standard InChI is InChI=1S/C24H31N3O3S/c1-17-2-5-22-18(14-17)15-23(31-22)24(28)25-20-4-3-19(26-6-10-29-11-7-26)16-21(20)27-8-12-30-13-9-27/h3-4,15-17H,2,5-14H2,1H3,(H,25,28). The molecule has 3 aliphatic rings. The Morgan fingerprint density at radius 3 is 2.48 bits per heavy atom. The second-order valence-electron chi connectivity index (χ2n) is 8.76. The fourth-order valence-corrected chi connectivity index (χ4v) is 5.82. The van der Waals surface area contributed by atoms with Crippen LogP contribution in [0.5, 0.6) is 0 Å². The molecular formula is C24H31N3O3S. The summed E-state index contributed by atoms with van der Waals surface area (Å²) in [5, 5.41) is 3.22. The Labute approximate surface area is 188 Å². The van der Waals surface area contributed by atoms with Gasteiger partial charge < -0.3 is 24.6 Å². The van der Waals surface area contributed by atoms with Crippen LogP contribution in [0.15, 0.2) is 24.3 Å². The number of benzene rings is 1. The van der Waals surface area contributed by atoms with Crippen molar-refractivity contribution in [2.75, 3.05) is 67.7 Å². The lowest BCUT2D eigenvalue weighted by Crippen LogP contribution is -2.38. The summed E-state index contributed by atoms with van der Waals surface area (Å²) < 4.78 is 11.1.